The number of benzene rings is 1. The van der Waals surface area contributed by atoms with Gasteiger partial charge in [-0.2, -0.15) is 0 Å². The Hall–Kier alpha value is -1.95. The summed E-state index contributed by atoms with van der Waals surface area (Å²) in [6.45, 7) is 3.59. The highest BCUT2D eigenvalue weighted by molar-refractivity contribution is 6.00. The first-order valence-electron chi connectivity index (χ1n) is 6.83. The van der Waals surface area contributed by atoms with Crippen LogP contribution in [0.5, 0.6) is 0 Å². The van der Waals surface area contributed by atoms with Crippen LogP contribution in [0.1, 0.15) is 36.2 Å². The Morgan fingerprint density at radius 3 is 2.90 bits per heavy atom. The van der Waals surface area contributed by atoms with Crippen molar-refractivity contribution in [1.82, 2.24) is 15.0 Å². The Balaban J connectivity index is 2.04. The number of rotatable bonds is 3. The Morgan fingerprint density at radius 2 is 2.20 bits per heavy atom. The molecule has 106 valence electrons. The van der Waals surface area contributed by atoms with E-state index in [1.807, 2.05) is 0 Å². The smallest absolute Gasteiger partial charge is 0.337 e. The number of carboxylic acid groups (broad SMARTS) is 1. The zero-order chi connectivity index (χ0) is 14.1. The fraction of sp³-hybridized carbons (Fsp3) is 0.500. The molecule has 1 aromatic carbocycles. The number of aromatic carboxylic acids is 1. The van der Waals surface area contributed by atoms with Gasteiger partial charge in [-0.15, -0.1) is 5.10 Å². The monoisotopic (exact) mass is 275 g/mol. The van der Waals surface area contributed by atoms with Gasteiger partial charge in [-0.1, -0.05) is 11.3 Å². The molecule has 2 heterocycles. The van der Waals surface area contributed by atoms with Crippen molar-refractivity contribution in [3.05, 3.63) is 23.8 Å². The van der Waals surface area contributed by atoms with Gasteiger partial charge >= 0.3 is 5.97 Å². The quantitative estimate of drug-likeness (QED) is 0.928. The van der Waals surface area contributed by atoms with Crippen LogP contribution in [0.2, 0.25) is 0 Å². The largest absolute Gasteiger partial charge is 0.478 e. The lowest BCUT2D eigenvalue weighted by atomic mass is 9.93. The predicted octanol–water partition coefficient (Wildman–Crippen LogP) is 2.12. The zero-order valence-corrected chi connectivity index (χ0v) is 11.3. The summed E-state index contributed by atoms with van der Waals surface area (Å²) in [5.74, 6) is -0.506. The Labute approximate surface area is 116 Å². The molecule has 1 atom stereocenters. The number of fused-ring (bicyclic) bond motifs is 1. The number of nitrogens with zero attached hydrogens (tertiary/aromatic N) is 3. The highest BCUT2D eigenvalue weighted by Crippen LogP contribution is 2.30. The van der Waals surface area contributed by atoms with Crippen LogP contribution < -0.4 is 0 Å². The Kier molecular flexibility index (Phi) is 3.40. The number of ether oxygens (including phenoxy) is 1. The van der Waals surface area contributed by atoms with Gasteiger partial charge in [0.1, 0.15) is 11.0 Å². The van der Waals surface area contributed by atoms with E-state index in [0.29, 0.717) is 17.0 Å². The van der Waals surface area contributed by atoms with Gasteiger partial charge in [-0.3, -0.25) is 0 Å². The van der Waals surface area contributed by atoms with Crippen LogP contribution in [0.3, 0.4) is 0 Å². The van der Waals surface area contributed by atoms with E-state index in [0.717, 1.165) is 26.1 Å². The van der Waals surface area contributed by atoms with Gasteiger partial charge in [0.2, 0.25) is 0 Å². The maximum Gasteiger partial charge on any atom is 0.337 e. The first-order chi connectivity index (χ1) is 9.68. The Morgan fingerprint density at radius 1 is 1.45 bits per heavy atom. The maximum atomic E-state index is 11.4. The summed E-state index contributed by atoms with van der Waals surface area (Å²) in [6.07, 6.45) is 1.94. The molecule has 1 aromatic heterocycles. The molecule has 1 unspecified atom stereocenters. The van der Waals surface area contributed by atoms with Crippen molar-refractivity contribution in [3.63, 3.8) is 0 Å². The third-order valence-corrected chi connectivity index (χ3v) is 4.06. The standard InChI is InChI=1S/C14H17N3O3/c1-9(10-5-7-20-8-6-10)17-13-11(14(18)19)3-2-4-12(13)15-16-17/h2-4,9-10H,5-8H2,1H3,(H,18,19). The third-order valence-electron chi connectivity index (χ3n) is 4.06. The summed E-state index contributed by atoms with van der Waals surface area (Å²) >= 11 is 0. The van der Waals surface area contributed by atoms with E-state index >= 15 is 0 Å². The molecular formula is C14H17N3O3. The summed E-state index contributed by atoms with van der Waals surface area (Å²) in [5.41, 5.74) is 1.49. The van der Waals surface area contributed by atoms with Crippen LogP contribution in [-0.4, -0.2) is 39.3 Å². The molecule has 1 saturated heterocycles. The normalized spacial score (nSPS) is 18.2. The molecule has 0 radical (unpaired) electrons. The molecule has 2 aromatic rings. The molecular weight excluding hydrogens is 258 g/mol. The predicted molar refractivity (Wildman–Crippen MR) is 72.7 cm³/mol. The van der Waals surface area contributed by atoms with Crippen LogP contribution in [0.4, 0.5) is 0 Å². The number of hydrogen-bond acceptors (Lipinski definition) is 4. The van der Waals surface area contributed by atoms with E-state index in [1.165, 1.54) is 0 Å². The van der Waals surface area contributed by atoms with Gasteiger partial charge < -0.3 is 9.84 Å². The first-order valence-corrected chi connectivity index (χ1v) is 6.83. The second-order valence-corrected chi connectivity index (χ2v) is 5.20. The number of hydrogen-bond donors (Lipinski definition) is 1. The lowest BCUT2D eigenvalue weighted by molar-refractivity contribution is 0.0498. The number of carboxylic acids is 1. The van der Waals surface area contributed by atoms with Crippen molar-refractivity contribution >= 4 is 17.0 Å². The van der Waals surface area contributed by atoms with Crippen molar-refractivity contribution < 1.29 is 14.6 Å². The number of aromatic nitrogens is 3. The molecule has 0 saturated carbocycles. The van der Waals surface area contributed by atoms with E-state index < -0.39 is 5.97 Å². The molecule has 20 heavy (non-hydrogen) atoms. The summed E-state index contributed by atoms with van der Waals surface area (Å²) < 4.78 is 7.14. The highest BCUT2D eigenvalue weighted by Gasteiger charge is 2.25. The maximum absolute atomic E-state index is 11.4. The lowest BCUT2D eigenvalue weighted by Gasteiger charge is -2.28. The average Bonchev–Trinajstić information content (AvgIpc) is 2.91. The molecule has 6 nitrogen and oxygen atoms in total. The number of para-hydroxylation sites is 1. The topological polar surface area (TPSA) is 77.2 Å². The molecule has 1 fully saturated rings. The van der Waals surface area contributed by atoms with Gasteiger partial charge in [0.25, 0.3) is 0 Å². The molecule has 1 aliphatic heterocycles. The second-order valence-electron chi connectivity index (χ2n) is 5.20. The number of carbonyl (C=O) groups is 1. The first kappa shape index (κ1) is 13.1. The van der Waals surface area contributed by atoms with E-state index in [4.69, 9.17) is 4.74 Å². The molecule has 1 aliphatic rings. The van der Waals surface area contributed by atoms with Gasteiger partial charge in [0.15, 0.2) is 0 Å². The summed E-state index contributed by atoms with van der Waals surface area (Å²) in [4.78, 5) is 11.4. The zero-order valence-electron chi connectivity index (χ0n) is 11.3. The van der Waals surface area contributed by atoms with Gasteiger partial charge in [0.05, 0.1) is 11.6 Å². The molecule has 0 aliphatic carbocycles. The van der Waals surface area contributed by atoms with E-state index in [1.54, 1.807) is 22.9 Å². The minimum absolute atomic E-state index is 0.115. The van der Waals surface area contributed by atoms with Crippen molar-refractivity contribution in [3.8, 4) is 0 Å². The highest BCUT2D eigenvalue weighted by atomic mass is 16.5. The molecule has 6 heteroatoms. The van der Waals surface area contributed by atoms with E-state index in [2.05, 4.69) is 17.2 Å². The van der Waals surface area contributed by atoms with Gasteiger partial charge in [0, 0.05) is 13.2 Å². The minimum atomic E-state index is -0.946. The van der Waals surface area contributed by atoms with Crippen LogP contribution in [-0.2, 0) is 4.74 Å². The fourth-order valence-electron chi connectivity index (χ4n) is 2.85. The van der Waals surface area contributed by atoms with Crippen molar-refractivity contribution in [1.29, 1.82) is 0 Å². The molecule has 0 bridgehead atoms. The van der Waals surface area contributed by atoms with Crippen LogP contribution in [0.15, 0.2) is 18.2 Å². The van der Waals surface area contributed by atoms with Crippen LogP contribution >= 0.6 is 0 Å². The van der Waals surface area contributed by atoms with Crippen molar-refractivity contribution in [2.45, 2.75) is 25.8 Å². The fourth-order valence-corrected chi connectivity index (χ4v) is 2.85. The molecule has 0 amide bonds. The van der Waals surface area contributed by atoms with Crippen LogP contribution in [0.25, 0.3) is 11.0 Å². The van der Waals surface area contributed by atoms with Crippen LogP contribution in [0, 0.1) is 5.92 Å². The van der Waals surface area contributed by atoms with Crippen molar-refractivity contribution in [2.75, 3.05) is 13.2 Å². The summed E-state index contributed by atoms with van der Waals surface area (Å²) in [7, 11) is 0. The second kappa shape index (κ2) is 5.20. The molecule has 3 rings (SSSR count). The lowest BCUT2D eigenvalue weighted by Crippen LogP contribution is -2.25. The van der Waals surface area contributed by atoms with Crippen molar-refractivity contribution in [2.24, 2.45) is 5.92 Å². The van der Waals surface area contributed by atoms with E-state index in [-0.39, 0.29) is 11.6 Å². The summed E-state index contributed by atoms with van der Waals surface area (Å²) in [6, 6.07) is 5.21. The minimum Gasteiger partial charge on any atom is -0.478 e. The van der Waals surface area contributed by atoms with Gasteiger partial charge in [-0.05, 0) is 37.8 Å². The van der Waals surface area contributed by atoms with Gasteiger partial charge in [-0.25, -0.2) is 9.48 Å². The summed E-state index contributed by atoms with van der Waals surface area (Å²) in [5, 5.41) is 17.6. The third kappa shape index (κ3) is 2.16. The average molecular weight is 275 g/mol. The SMILES string of the molecule is CC(C1CCOCC1)n1nnc2cccc(C(=O)O)c21. The molecule has 0 spiro atoms. The van der Waals surface area contributed by atoms with E-state index in [9.17, 15) is 9.90 Å². The molecule has 1 N–H and O–H groups in total. The Bertz CT molecular complexity index is 632.